The van der Waals surface area contributed by atoms with Crippen molar-refractivity contribution in [1.82, 2.24) is 10.2 Å². The lowest BCUT2D eigenvalue weighted by atomic mass is 10.1. The number of aromatic nitrogens is 2. The predicted octanol–water partition coefficient (Wildman–Crippen LogP) is 4.11. The minimum Gasteiger partial charge on any atom is -0.321 e. The first kappa shape index (κ1) is 14.8. The highest BCUT2D eigenvalue weighted by atomic mass is 79.9. The van der Waals surface area contributed by atoms with Gasteiger partial charge in [0.2, 0.25) is 0 Å². The number of aromatic amines is 1. The van der Waals surface area contributed by atoms with Gasteiger partial charge in [0.1, 0.15) is 0 Å². The Balaban J connectivity index is 2.15. The lowest BCUT2D eigenvalue weighted by Gasteiger charge is -2.05. The molecule has 5 heteroatoms. The molecule has 0 fully saturated rings. The molecule has 4 nitrogen and oxygen atoms in total. The van der Waals surface area contributed by atoms with Crippen LogP contribution in [0, 0.1) is 0 Å². The molecule has 0 atom stereocenters. The molecule has 0 spiro atoms. The van der Waals surface area contributed by atoms with Crippen LogP contribution < -0.4 is 5.32 Å². The summed E-state index contributed by atoms with van der Waals surface area (Å²) in [4.78, 5) is 12.2. The van der Waals surface area contributed by atoms with Crippen molar-refractivity contribution in [3.8, 4) is 0 Å². The van der Waals surface area contributed by atoms with Gasteiger partial charge in [-0.1, -0.05) is 32.9 Å². The number of H-pyrrole nitrogens is 1. The molecule has 2 rings (SSSR count). The van der Waals surface area contributed by atoms with Crippen molar-refractivity contribution in [3.63, 3.8) is 0 Å². The molecule has 0 aliphatic heterocycles. The molecule has 1 aromatic heterocycles. The van der Waals surface area contributed by atoms with Gasteiger partial charge in [-0.05, 0) is 46.0 Å². The van der Waals surface area contributed by atoms with Crippen LogP contribution in [0.4, 0.5) is 5.69 Å². The number of amides is 1. The van der Waals surface area contributed by atoms with Crippen molar-refractivity contribution in [1.29, 1.82) is 0 Å². The number of hydrogen-bond acceptors (Lipinski definition) is 2. The van der Waals surface area contributed by atoms with Crippen LogP contribution in [0.1, 0.15) is 48.4 Å². The van der Waals surface area contributed by atoms with Gasteiger partial charge >= 0.3 is 0 Å². The Bertz CT molecular complexity index is 602. The summed E-state index contributed by atoms with van der Waals surface area (Å²) in [6, 6.07) is 7.82. The zero-order valence-corrected chi connectivity index (χ0v) is 13.4. The molecule has 0 saturated heterocycles. The molecule has 2 N–H and O–H groups in total. The van der Waals surface area contributed by atoms with Gasteiger partial charge in [0.25, 0.3) is 5.91 Å². The van der Waals surface area contributed by atoms with Gasteiger partial charge in [0.05, 0.1) is 10.2 Å². The molecule has 0 saturated carbocycles. The van der Waals surface area contributed by atoms with E-state index in [9.17, 15) is 4.79 Å². The fourth-order valence-electron chi connectivity index (χ4n) is 1.89. The highest BCUT2D eigenvalue weighted by Crippen LogP contribution is 2.26. The Hall–Kier alpha value is -1.62. The van der Waals surface area contributed by atoms with Gasteiger partial charge in [-0.2, -0.15) is 5.10 Å². The molecule has 1 amide bonds. The van der Waals surface area contributed by atoms with Crippen LogP contribution in [0.15, 0.2) is 28.7 Å². The molecule has 0 bridgehead atoms. The maximum Gasteiger partial charge on any atom is 0.277 e. The highest BCUT2D eigenvalue weighted by molar-refractivity contribution is 9.10. The molecule has 0 radical (unpaired) electrons. The largest absolute Gasteiger partial charge is 0.321 e. The number of nitrogens with zero attached hydrogens (tertiary/aromatic N) is 1. The summed E-state index contributed by atoms with van der Waals surface area (Å²) in [6.07, 6.45) is 0.983. The molecule has 0 aliphatic rings. The van der Waals surface area contributed by atoms with E-state index in [-0.39, 0.29) is 11.8 Å². The van der Waals surface area contributed by atoms with E-state index in [0.717, 1.165) is 22.3 Å². The third-order valence-electron chi connectivity index (χ3n) is 3.15. The van der Waals surface area contributed by atoms with Gasteiger partial charge in [-0.25, -0.2) is 0 Å². The molecule has 1 aromatic carbocycles. The lowest BCUT2D eigenvalue weighted by molar-refractivity contribution is 0.102. The van der Waals surface area contributed by atoms with Crippen molar-refractivity contribution in [3.05, 3.63) is 45.7 Å². The SMILES string of the molecule is CCc1ccc(NC(=O)c2n[nH]c(C(C)C)c2Br)cc1. The second kappa shape index (κ2) is 6.22. The third kappa shape index (κ3) is 3.10. The molecular weight excluding hydrogens is 318 g/mol. The zero-order valence-electron chi connectivity index (χ0n) is 11.8. The molecule has 2 aromatic rings. The normalized spacial score (nSPS) is 10.8. The summed E-state index contributed by atoms with van der Waals surface area (Å²) in [5.41, 5.74) is 3.32. The number of carbonyl (C=O) groups excluding carboxylic acids is 1. The van der Waals surface area contributed by atoms with E-state index in [1.165, 1.54) is 5.56 Å². The Morgan fingerprint density at radius 1 is 1.35 bits per heavy atom. The standard InChI is InChI=1S/C15H18BrN3O/c1-4-10-5-7-11(8-6-10)17-15(20)14-12(16)13(9(2)3)18-19-14/h5-9H,4H2,1-3H3,(H,17,20)(H,18,19). The van der Waals surface area contributed by atoms with Crippen molar-refractivity contribution in [2.75, 3.05) is 5.32 Å². The van der Waals surface area contributed by atoms with Crippen LogP contribution >= 0.6 is 15.9 Å². The average Bonchev–Trinajstić information content (AvgIpc) is 2.81. The fraction of sp³-hybridized carbons (Fsp3) is 0.333. The predicted molar refractivity (Wildman–Crippen MR) is 84.1 cm³/mol. The van der Waals surface area contributed by atoms with Crippen LogP contribution in [0.25, 0.3) is 0 Å². The minimum atomic E-state index is -0.218. The zero-order chi connectivity index (χ0) is 14.7. The maximum absolute atomic E-state index is 12.2. The number of rotatable bonds is 4. The summed E-state index contributed by atoms with van der Waals surface area (Å²) in [6.45, 7) is 6.19. The van der Waals surface area contributed by atoms with E-state index >= 15 is 0 Å². The van der Waals surface area contributed by atoms with E-state index in [1.807, 2.05) is 38.1 Å². The van der Waals surface area contributed by atoms with Crippen molar-refractivity contribution >= 4 is 27.5 Å². The summed E-state index contributed by atoms with van der Waals surface area (Å²) < 4.78 is 0.732. The summed E-state index contributed by atoms with van der Waals surface area (Å²) in [5, 5.41) is 9.83. The topological polar surface area (TPSA) is 57.8 Å². The number of hydrogen-bond donors (Lipinski definition) is 2. The summed E-state index contributed by atoms with van der Waals surface area (Å²) in [7, 11) is 0. The van der Waals surface area contributed by atoms with E-state index in [0.29, 0.717) is 5.69 Å². The van der Waals surface area contributed by atoms with Crippen molar-refractivity contribution in [2.24, 2.45) is 0 Å². The highest BCUT2D eigenvalue weighted by Gasteiger charge is 2.19. The number of benzene rings is 1. The van der Waals surface area contributed by atoms with Crippen molar-refractivity contribution in [2.45, 2.75) is 33.1 Å². The molecule has 1 heterocycles. The van der Waals surface area contributed by atoms with Gasteiger partial charge in [0.15, 0.2) is 5.69 Å². The van der Waals surface area contributed by atoms with E-state index < -0.39 is 0 Å². The lowest BCUT2D eigenvalue weighted by Crippen LogP contribution is -2.13. The second-order valence-electron chi connectivity index (χ2n) is 4.96. The molecule has 20 heavy (non-hydrogen) atoms. The first-order valence-electron chi connectivity index (χ1n) is 6.67. The number of anilines is 1. The smallest absolute Gasteiger partial charge is 0.277 e. The van der Waals surface area contributed by atoms with Crippen LogP contribution in [0.3, 0.4) is 0 Å². The maximum atomic E-state index is 12.2. The summed E-state index contributed by atoms with van der Waals surface area (Å²) in [5.74, 6) is 0.0616. The van der Waals surface area contributed by atoms with Crippen LogP contribution in [-0.2, 0) is 6.42 Å². The van der Waals surface area contributed by atoms with Crippen LogP contribution in [-0.4, -0.2) is 16.1 Å². The molecule has 0 unspecified atom stereocenters. The number of halogens is 1. The van der Waals surface area contributed by atoms with Crippen LogP contribution in [0.2, 0.25) is 0 Å². The fourth-order valence-corrected chi connectivity index (χ4v) is 2.70. The van der Waals surface area contributed by atoms with Crippen LogP contribution in [0.5, 0.6) is 0 Å². The Kier molecular flexibility index (Phi) is 4.60. The van der Waals surface area contributed by atoms with E-state index in [2.05, 4.69) is 38.4 Å². The first-order chi connectivity index (χ1) is 9.52. The summed E-state index contributed by atoms with van der Waals surface area (Å²) >= 11 is 3.43. The Labute approximate surface area is 127 Å². The molecular formula is C15H18BrN3O. The average molecular weight is 336 g/mol. The molecule has 0 aliphatic carbocycles. The van der Waals surface area contributed by atoms with Gasteiger partial charge in [-0.3, -0.25) is 9.89 Å². The third-order valence-corrected chi connectivity index (χ3v) is 3.95. The van der Waals surface area contributed by atoms with Gasteiger partial charge < -0.3 is 5.32 Å². The second-order valence-corrected chi connectivity index (χ2v) is 5.75. The molecule has 106 valence electrons. The minimum absolute atomic E-state index is 0.218. The first-order valence-corrected chi connectivity index (χ1v) is 7.46. The number of aryl methyl sites for hydroxylation is 1. The Morgan fingerprint density at radius 2 is 2.00 bits per heavy atom. The van der Waals surface area contributed by atoms with Gasteiger partial charge in [-0.15, -0.1) is 0 Å². The van der Waals surface area contributed by atoms with Crippen molar-refractivity contribution < 1.29 is 4.79 Å². The van der Waals surface area contributed by atoms with Gasteiger partial charge in [0, 0.05) is 5.69 Å². The number of nitrogens with one attached hydrogen (secondary N) is 2. The van der Waals surface area contributed by atoms with E-state index in [4.69, 9.17) is 0 Å². The monoisotopic (exact) mass is 335 g/mol. The quantitative estimate of drug-likeness (QED) is 0.883. The Morgan fingerprint density at radius 3 is 2.50 bits per heavy atom. The van der Waals surface area contributed by atoms with E-state index in [1.54, 1.807) is 0 Å². The number of carbonyl (C=O) groups is 1.